The van der Waals surface area contributed by atoms with E-state index < -0.39 is 29.8 Å². The summed E-state index contributed by atoms with van der Waals surface area (Å²) in [4.78, 5) is 25.3. The average molecular weight is 345 g/mol. The normalized spacial score (nSPS) is 12.9. The number of carboxylic acid groups (broad SMARTS) is 1. The lowest BCUT2D eigenvalue weighted by Crippen LogP contribution is -2.48. The van der Waals surface area contributed by atoms with Crippen molar-refractivity contribution in [3.8, 4) is 5.75 Å². The van der Waals surface area contributed by atoms with Gasteiger partial charge in [0.05, 0.1) is 0 Å². The zero-order valence-electron chi connectivity index (χ0n) is 14.1. The zero-order chi connectivity index (χ0) is 18.4. The zero-order valence-corrected chi connectivity index (χ0v) is 14.1. The number of carbonyl (C=O) groups excluding carboxylic acids is 1. The molecule has 132 valence electrons. The fourth-order valence-corrected chi connectivity index (χ4v) is 2.44. The maximum Gasteiger partial charge on any atom is 0.326 e. The topological polar surface area (TPSA) is 66.8 Å². The summed E-state index contributed by atoms with van der Waals surface area (Å²) in [6.45, 7) is 1.53. The van der Waals surface area contributed by atoms with Gasteiger partial charge in [0.25, 0.3) is 5.91 Å². The molecule has 2 aromatic rings. The first-order valence-electron chi connectivity index (χ1n) is 7.84. The second-order valence-corrected chi connectivity index (χ2v) is 5.71. The van der Waals surface area contributed by atoms with Crippen LogP contribution in [0.5, 0.6) is 5.75 Å². The van der Waals surface area contributed by atoms with E-state index in [2.05, 4.69) is 0 Å². The number of hydrogen-bond donors (Lipinski definition) is 1. The van der Waals surface area contributed by atoms with Gasteiger partial charge >= 0.3 is 5.97 Å². The number of benzene rings is 2. The summed E-state index contributed by atoms with van der Waals surface area (Å²) in [6.07, 6.45) is -0.699. The Morgan fingerprint density at radius 1 is 1.12 bits per heavy atom. The second kappa shape index (κ2) is 8.28. The van der Waals surface area contributed by atoms with Gasteiger partial charge in [-0.1, -0.05) is 30.3 Å². The molecule has 1 N–H and O–H groups in total. The Balaban J connectivity index is 2.06. The predicted octanol–water partition coefficient (Wildman–Crippen LogP) is 2.75. The Labute approximate surface area is 145 Å². The minimum absolute atomic E-state index is 0.196. The third-order valence-corrected chi connectivity index (χ3v) is 3.85. The van der Waals surface area contributed by atoms with Crippen LogP contribution in [0.3, 0.4) is 0 Å². The maximum absolute atomic E-state index is 12.9. The van der Waals surface area contributed by atoms with Gasteiger partial charge in [0.2, 0.25) is 0 Å². The molecule has 0 spiro atoms. The van der Waals surface area contributed by atoms with Gasteiger partial charge in [0.1, 0.15) is 17.6 Å². The molecule has 2 aromatic carbocycles. The molecule has 0 saturated carbocycles. The Morgan fingerprint density at radius 2 is 1.72 bits per heavy atom. The molecule has 0 bridgehead atoms. The predicted molar refractivity (Wildman–Crippen MR) is 90.8 cm³/mol. The molecule has 0 saturated heterocycles. The molecule has 0 radical (unpaired) electrons. The lowest BCUT2D eigenvalue weighted by molar-refractivity contribution is -0.151. The van der Waals surface area contributed by atoms with Crippen LogP contribution in [0.1, 0.15) is 12.5 Å². The molecule has 25 heavy (non-hydrogen) atoms. The van der Waals surface area contributed by atoms with Gasteiger partial charge in [0.15, 0.2) is 6.10 Å². The standard InChI is InChI=1S/C19H20FNO4/c1-13(25-16-10-8-15(20)9-11-16)18(22)21(2)17(19(23)24)12-14-6-4-3-5-7-14/h3-11,13,17H,12H2,1-2H3,(H,23,24). The van der Waals surface area contributed by atoms with E-state index in [1.807, 2.05) is 30.3 Å². The SMILES string of the molecule is CC(Oc1ccc(F)cc1)C(=O)N(C)C(Cc1ccccc1)C(=O)O. The number of hydrogen-bond acceptors (Lipinski definition) is 3. The highest BCUT2D eigenvalue weighted by atomic mass is 19.1. The maximum atomic E-state index is 12.9. The number of carboxylic acids is 1. The fraction of sp³-hybridized carbons (Fsp3) is 0.263. The van der Waals surface area contributed by atoms with Gasteiger partial charge in [-0.2, -0.15) is 0 Å². The molecule has 0 aromatic heterocycles. The lowest BCUT2D eigenvalue weighted by Gasteiger charge is -2.27. The fourth-order valence-electron chi connectivity index (χ4n) is 2.44. The van der Waals surface area contributed by atoms with E-state index in [0.717, 1.165) is 5.56 Å². The number of halogens is 1. The average Bonchev–Trinajstić information content (AvgIpc) is 2.61. The smallest absolute Gasteiger partial charge is 0.326 e. The summed E-state index contributed by atoms with van der Waals surface area (Å²) in [5, 5.41) is 9.48. The van der Waals surface area contributed by atoms with Crippen LogP contribution in [-0.4, -0.2) is 41.1 Å². The molecule has 0 heterocycles. The van der Waals surface area contributed by atoms with Crippen molar-refractivity contribution in [2.24, 2.45) is 0 Å². The molecular weight excluding hydrogens is 325 g/mol. The number of aliphatic carboxylic acids is 1. The molecule has 0 aliphatic rings. The van der Waals surface area contributed by atoms with Crippen molar-refractivity contribution in [3.63, 3.8) is 0 Å². The summed E-state index contributed by atoms with van der Waals surface area (Å²) in [5.41, 5.74) is 0.821. The van der Waals surface area contributed by atoms with E-state index in [1.165, 1.54) is 43.1 Å². The van der Waals surface area contributed by atoms with Gasteiger partial charge in [-0.15, -0.1) is 0 Å². The Hall–Kier alpha value is -2.89. The molecule has 0 fully saturated rings. The van der Waals surface area contributed by atoms with Crippen molar-refractivity contribution < 1.29 is 23.8 Å². The minimum Gasteiger partial charge on any atom is -0.481 e. The van der Waals surface area contributed by atoms with Gasteiger partial charge in [-0.3, -0.25) is 4.79 Å². The van der Waals surface area contributed by atoms with Crippen LogP contribution < -0.4 is 4.74 Å². The highest BCUT2D eigenvalue weighted by molar-refractivity contribution is 5.86. The summed E-state index contributed by atoms with van der Waals surface area (Å²) >= 11 is 0. The molecule has 2 atom stereocenters. The van der Waals surface area contributed by atoms with Crippen LogP contribution in [0.4, 0.5) is 4.39 Å². The Morgan fingerprint density at radius 3 is 2.28 bits per heavy atom. The van der Waals surface area contributed by atoms with Crippen LogP contribution in [0.25, 0.3) is 0 Å². The first kappa shape index (κ1) is 18.4. The van der Waals surface area contributed by atoms with Crippen LogP contribution in [0, 0.1) is 5.82 Å². The number of ether oxygens (including phenoxy) is 1. The van der Waals surface area contributed by atoms with E-state index in [1.54, 1.807) is 0 Å². The van der Waals surface area contributed by atoms with Crippen LogP contribution in [0.15, 0.2) is 54.6 Å². The van der Waals surface area contributed by atoms with E-state index in [0.29, 0.717) is 5.75 Å². The Bertz CT molecular complexity index is 718. The summed E-state index contributed by atoms with van der Waals surface area (Å²) in [5.74, 6) is -1.62. The van der Waals surface area contributed by atoms with Gasteiger partial charge in [-0.25, -0.2) is 9.18 Å². The summed E-state index contributed by atoms with van der Waals surface area (Å²) in [7, 11) is 1.44. The van der Waals surface area contributed by atoms with Crippen LogP contribution in [0.2, 0.25) is 0 Å². The lowest BCUT2D eigenvalue weighted by atomic mass is 10.0. The van der Waals surface area contributed by atoms with Crippen molar-refractivity contribution in [2.75, 3.05) is 7.05 Å². The number of rotatable bonds is 7. The first-order valence-corrected chi connectivity index (χ1v) is 7.84. The Kier molecular flexibility index (Phi) is 6.11. The minimum atomic E-state index is -1.09. The highest BCUT2D eigenvalue weighted by Crippen LogP contribution is 2.15. The van der Waals surface area contributed by atoms with E-state index in [-0.39, 0.29) is 6.42 Å². The molecule has 5 nitrogen and oxygen atoms in total. The molecule has 2 unspecified atom stereocenters. The third kappa shape index (κ3) is 5.04. The molecule has 0 aliphatic heterocycles. The number of carbonyl (C=O) groups is 2. The van der Waals surface area contributed by atoms with Crippen molar-refractivity contribution in [3.05, 3.63) is 66.0 Å². The second-order valence-electron chi connectivity index (χ2n) is 5.71. The molecule has 6 heteroatoms. The number of amides is 1. The molecule has 0 aliphatic carbocycles. The van der Waals surface area contributed by atoms with Gasteiger partial charge in [-0.05, 0) is 36.8 Å². The summed E-state index contributed by atoms with van der Waals surface area (Å²) in [6, 6.07) is 13.4. The molecule has 1 amide bonds. The van der Waals surface area contributed by atoms with Crippen molar-refractivity contribution in [1.29, 1.82) is 0 Å². The van der Waals surface area contributed by atoms with Crippen molar-refractivity contribution in [2.45, 2.75) is 25.5 Å². The first-order chi connectivity index (χ1) is 11.9. The monoisotopic (exact) mass is 345 g/mol. The summed E-state index contributed by atoms with van der Waals surface area (Å²) < 4.78 is 18.4. The van der Waals surface area contributed by atoms with Gasteiger partial charge in [0, 0.05) is 13.5 Å². The van der Waals surface area contributed by atoms with E-state index >= 15 is 0 Å². The van der Waals surface area contributed by atoms with E-state index in [4.69, 9.17) is 4.74 Å². The largest absolute Gasteiger partial charge is 0.481 e. The highest BCUT2D eigenvalue weighted by Gasteiger charge is 2.30. The van der Waals surface area contributed by atoms with Crippen molar-refractivity contribution in [1.82, 2.24) is 4.90 Å². The third-order valence-electron chi connectivity index (χ3n) is 3.85. The van der Waals surface area contributed by atoms with Crippen LogP contribution in [-0.2, 0) is 16.0 Å². The molecule has 2 rings (SSSR count). The quantitative estimate of drug-likeness (QED) is 0.838. The molecular formula is C19H20FNO4. The number of nitrogens with zero attached hydrogens (tertiary/aromatic N) is 1. The van der Waals surface area contributed by atoms with Gasteiger partial charge < -0.3 is 14.7 Å². The van der Waals surface area contributed by atoms with Crippen molar-refractivity contribution >= 4 is 11.9 Å². The van der Waals surface area contributed by atoms with E-state index in [9.17, 15) is 19.1 Å². The number of likely N-dealkylation sites (N-methyl/N-ethyl adjacent to an activating group) is 1. The van der Waals surface area contributed by atoms with Crippen LogP contribution >= 0.6 is 0 Å².